The Hall–Kier alpha value is -4.04. The molecule has 5 aromatic rings. The highest BCUT2D eigenvalue weighted by molar-refractivity contribution is 6.02. The lowest BCUT2D eigenvalue weighted by Crippen LogP contribution is -2.33. The van der Waals surface area contributed by atoms with Crippen LogP contribution in [0.4, 0.5) is 5.95 Å². The zero-order valence-corrected chi connectivity index (χ0v) is 18.6. The number of rotatable bonds is 7. The molecule has 1 N–H and O–H groups in total. The highest BCUT2D eigenvalue weighted by Gasteiger charge is 2.19. The number of aromatic nitrogens is 5. The van der Waals surface area contributed by atoms with E-state index < -0.39 is 0 Å². The molecule has 5 rings (SSSR count). The molecule has 0 amide bonds. The Bertz CT molecular complexity index is 1440. The van der Waals surface area contributed by atoms with Crippen molar-refractivity contribution in [2.75, 3.05) is 32.1 Å². The van der Waals surface area contributed by atoms with E-state index >= 15 is 0 Å². The molecule has 0 saturated heterocycles. The number of hydrogen-bond acceptors (Lipinski definition) is 6. The zero-order valence-electron chi connectivity index (χ0n) is 18.6. The topological polar surface area (TPSA) is 82.9 Å². The second-order valence-electron chi connectivity index (χ2n) is 8.24. The van der Waals surface area contributed by atoms with Crippen LogP contribution in [0.2, 0.25) is 0 Å². The Morgan fingerprint density at radius 1 is 0.939 bits per heavy atom. The lowest BCUT2D eigenvalue weighted by molar-refractivity contribution is 0.411. The number of pyridine rings is 1. The van der Waals surface area contributed by atoms with Gasteiger partial charge in [0.1, 0.15) is 5.52 Å². The normalized spacial score (nSPS) is 11.5. The number of H-pyrrole nitrogens is 1. The van der Waals surface area contributed by atoms with E-state index in [-0.39, 0.29) is 5.56 Å². The Labute approximate surface area is 191 Å². The average Bonchev–Trinajstić information content (AvgIpc) is 3.33. The first-order chi connectivity index (χ1) is 16.1. The summed E-state index contributed by atoms with van der Waals surface area (Å²) >= 11 is 0. The molecule has 0 spiro atoms. The zero-order chi connectivity index (χ0) is 22.8. The largest absolute Gasteiger partial charge is 0.335 e. The van der Waals surface area contributed by atoms with Crippen LogP contribution in [-0.2, 0) is 6.54 Å². The molecule has 3 aromatic heterocycles. The van der Waals surface area contributed by atoms with Crippen LogP contribution in [0.15, 0.2) is 77.9 Å². The minimum absolute atomic E-state index is 0.162. The summed E-state index contributed by atoms with van der Waals surface area (Å²) in [7, 11) is 4.09. The van der Waals surface area contributed by atoms with Crippen LogP contribution in [0.5, 0.6) is 0 Å². The number of anilines is 1. The fraction of sp³-hybridized carbons (Fsp3) is 0.200. The Balaban J connectivity index is 1.69. The van der Waals surface area contributed by atoms with Crippen molar-refractivity contribution in [2.24, 2.45) is 0 Å². The first-order valence-corrected chi connectivity index (χ1v) is 10.9. The first-order valence-electron chi connectivity index (χ1n) is 10.9. The molecule has 0 saturated carbocycles. The number of hydrogen-bond donors (Lipinski definition) is 1. The monoisotopic (exact) mass is 439 g/mol. The van der Waals surface area contributed by atoms with Crippen molar-refractivity contribution in [3.8, 4) is 5.69 Å². The van der Waals surface area contributed by atoms with Crippen molar-refractivity contribution < 1.29 is 0 Å². The van der Waals surface area contributed by atoms with Gasteiger partial charge in [-0.3, -0.25) is 14.5 Å². The summed E-state index contributed by atoms with van der Waals surface area (Å²) in [4.78, 5) is 27.3. The number of benzene rings is 2. The van der Waals surface area contributed by atoms with Gasteiger partial charge in [0.05, 0.1) is 16.5 Å². The SMILES string of the molecule is CN(C)CCN(Cc1ccccc1)c1ncc2c3n[nH]cc3c(=O)n(-c3ccccc3)c2n1. The highest BCUT2D eigenvalue weighted by atomic mass is 16.1. The number of likely N-dealkylation sites (N-methyl/N-ethyl adjacent to an activating group) is 1. The van der Waals surface area contributed by atoms with Crippen molar-refractivity contribution in [3.63, 3.8) is 0 Å². The van der Waals surface area contributed by atoms with Gasteiger partial charge in [0.2, 0.25) is 5.95 Å². The average molecular weight is 440 g/mol. The molecule has 8 heteroatoms. The van der Waals surface area contributed by atoms with Gasteiger partial charge in [-0.2, -0.15) is 10.1 Å². The first kappa shape index (κ1) is 20.8. The summed E-state index contributed by atoms with van der Waals surface area (Å²) in [6.45, 7) is 2.26. The van der Waals surface area contributed by atoms with Gasteiger partial charge in [-0.15, -0.1) is 0 Å². The molecule has 8 nitrogen and oxygen atoms in total. The molecule has 0 radical (unpaired) electrons. The molecule has 0 aliphatic rings. The standard InChI is InChI=1S/C25H25N7O/c1-30(2)13-14-31(17-18-9-5-3-6-10-18)25-26-15-20-22-21(16-27-29-22)24(33)32(23(20)28-25)19-11-7-4-8-12-19/h3-12,15-16H,13-14,17H2,1-2H3,(H,27,29). The van der Waals surface area contributed by atoms with Gasteiger partial charge in [0.15, 0.2) is 5.65 Å². The lowest BCUT2D eigenvalue weighted by atomic mass is 10.2. The minimum Gasteiger partial charge on any atom is -0.335 e. The van der Waals surface area contributed by atoms with E-state index in [1.807, 2.05) is 62.6 Å². The van der Waals surface area contributed by atoms with Crippen LogP contribution >= 0.6 is 0 Å². The third-order valence-electron chi connectivity index (χ3n) is 5.63. The van der Waals surface area contributed by atoms with E-state index in [0.717, 1.165) is 24.2 Å². The van der Waals surface area contributed by atoms with Crippen LogP contribution in [0, 0.1) is 0 Å². The fourth-order valence-corrected chi connectivity index (χ4v) is 3.92. The van der Waals surface area contributed by atoms with Crippen LogP contribution in [0.3, 0.4) is 0 Å². The third kappa shape index (κ3) is 4.08. The van der Waals surface area contributed by atoms with Gasteiger partial charge in [-0.1, -0.05) is 48.5 Å². The Morgan fingerprint density at radius 2 is 1.67 bits per heavy atom. The van der Waals surface area contributed by atoms with Gasteiger partial charge in [-0.25, -0.2) is 4.98 Å². The molecule has 0 unspecified atom stereocenters. The second kappa shape index (κ2) is 8.84. The van der Waals surface area contributed by atoms with E-state index in [4.69, 9.17) is 9.97 Å². The van der Waals surface area contributed by atoms with E-state index in [1.165, 1.54) is 5.56 Å². The number of aromatic amines is 1. The predicted octanol–water partition coefficient (Wildman–Crippen LogP) is 3.23. The van der Waals surface area contributed by atoms with Crippen molar-refractivity contribution >= 4 is 27.9 Å². The van der Waals surface area contributed by atoms with E-state index in [9.17, 15) is 4.79 Å². The molecule has 0 atom stereocenters. The smallest absolute Gasteiger partial charge is 0.267 e. The molecule has 0 fully saturated rings. The molecule has 166 valence electrons. The molecule has 3 heterocycles. The van der Waals surface area contributed by atoms with E-state index in [0.29, 0.717) is 29.0 Å². The van der Waals surface area contributed by atoms with Crippen LogP contribution in [-0.4, -0.2) is 56.8 Å². The summed E-state index contributed by atoms with van der Waals surface area (Å²) in [5, 5.41) is 8.36. The van der Waals surface area contributed by atoms with Gasteiger partial charge in [0.25, 0.3) is 5.56 Å². The molecule has 0 bridgehead atoms. The van der Waals surface area contributed by atoms with Gasteiger partial charge < -0.3 is 9.80 Å². The van der Waals surface area contributed by atoms with Crippen LogP contribution in [0.25, 0.3) is 27.6 Å². The number of nitrogens with one attached hydrogen (secondary N) is 1. The van der Waals surface area contributed by atoms with Crippen molar-refractivity contribution in [1.82, 2.24) is 29.6 Å². The fourth-order valence-electron chi connectivity index (χ4n) is 3.92. The molecule has 2 aromatic carbocycles. The molecular formula is C25H25N7O. The summed E-state index contributed by atoms with van der Waals surface area (Å²) in [6.07, 6.45) is 3.40. The molecular weight excluding hydrogens is 414 g/mol. The van der Waals surface area contributed by atoms with Crippen molar-refractivity contribution in [1.29, 1.82) is 0 Å². The second-order valence-corrected chi connectivity index (χ2v) is 8.24. The quantitative estimate of drug-likeness (QED) is 0.419. The summed E-state index contributed by atoms with van der Waals surface area (Å²) in [5.41, 5.74) is 2.88. The van der Waals surface area contributed by atoms with Crippen LogP contribution in [0.1, 0.15) is 5.56 Å². The number of para-hydroxylation sites is 1. The minimum atomic E-state index is -0.162. The third-order valence-corrected chi connectivity index (χ3v) is 5.63. The maximum atomic E-state index is 13.4. The van der Waals surface area contributed by atoms with Crippen LogP contribution < -0.4 is 10.5 Å². The Kier molecular flexibility index (Phi) is 5.58. The van der Waals surface area contributed by atoms with Gasteiger partial charge in [0, 0.05) is 32.0 Å². The van der Waals surface area contributed by atoms with E-state index in [2.05, 4.69) is 32.1 Å². The number of fused-ring (bicyclic) bond motifs is 3. The maximum absolute atomic E-state index is 13.4. The van der Waals surface area contributed by atoms with Crippen molar-refractivity contribution in [3.05, 3.63) is 89.0 Å². The van der Waals surface area contributed by atoms with E-state index in [1.54, 1.807) is 17.0 Å². The summed E-state index contributed by atoms with van der Waals surface area (Å²) in [6, 6.07) is 19.8. The molecule has 0 aliphatic heterocycles. The summed E-state index contributed by atoms with van der Waals surface area (Å²) in [5.74, 6) is 0.576. The highest BCUT2D eigenvalue weighted by Crippen LogP contribution is 2.24. The van der Waals surface area contributed by atoms with Crippen molar-refractivity contribution in [2.45, 2.75) is 6.54 Å². The van der Waals surface area contributed by atoms with Gasteiger partial charge in [-0.05, 0) is 31.8 Å². The molecule has 0 aliphatic carbocycles. The summed E-state index contributed by atoms with van der Waals surface area (Å²) < 4.78 is 1.64. The predicted molar refractivity (Wildman–Crippen MR) is 131 cm³/mol. The Morgan fingerprint density at radius 3 is 2.39 bits per heavy atom. The number of nitrogens with zero attached hydrogens (tertiary/aromatic N) is 6. The lowest BCUT2D eigenvalue weighted by Gasteiger charge is -2.25. The maximum Gasteiger partial charge on any atom is 0.267 e. The molecule has 33 heavy (non-hydrogen) atoms. The van der Waals surface area contributed by atoms with Gasteiger partial charge >= 0.3 is 0 Å².